The molecule has 47 heavy (non-hydrogen) atoms. The van der Waals surface area contributed by atoms with Crippen LogP contribution in [0.25, 0.3) is 22.1 Å². The summed E-state index contributed by atoms with van der Waals surface area (Å²) in [4.78, 5) is 73.7. The summed E-state index contributed by atoms with van der Waals surface area (Å²) in [6.07, 6.45) is -6.07. The van der Waals surface area contributed by atoms with Gasteiger partial charge in [-0.05, 0) is 17.7 Å². The Morgan fingerprint density at radius 3 is 1.94 bits per heavy atom. The predicted octanol–water partition coefficient (Wildman–Crippen LogP) is 2.86. The van der Waals surface area contributed by atoms with E-state index in [2.05, 4.69) is 0 Å². The average molecular weight is 657 g/mol. The van der Waals surface area contributed by atoms with Crippen molar-refractivity contribution >= 4 is 40.8 Å². The monoisotopic (exact) mass is 656 g/mol. The van der Waals surface area contributed by atoms with Crippen LogP contribution in [-0.4, -0.2) is 74.3 Å². The van der Waals surface area contributed by atoms with Crippen molar-refractivity contribution in [2.24, 2.45) is 0 Å². The van der Waals surface area contributed by atoms with Gasteiger partial charge in [-0.1, -0.05) is 12.1 Å². The van der Waals surface area contributed by atoms with Gasteiger partial charge in [-0.15, -0.1) is 0 Å². The number of ether oxygens (including phenoxy) is 8. The van der Waals surface area contributed by atoms with Gasteiger partial charge in [0.1, 0.15) is 47.2 Å². The van der Waals surface area contributed by atoms with E-state index in [-0.39, 0.29) is 28.0 Å². The topological polar surface area (TPSA) is 189 Å². The number of carbonyl (C=O) groups excluding carboxylic acids is 5. The molecule has 2 heterocycles. The molecule has 0 aliphatic carbocycles. The highest BCUT2D eigenvalue weighted by Crippen LogP contribution is 2.35. The van der Waals surface area contributed by atoms with Gasteiger partial charge in [0, 0.05) is 46.8 Å². The molecule has 250 valence electrons. The molecule has 0 saturated carbocycles. The van der Waals surface area contributed by atoms with Crippen LogP contribution < -0.4 is 19.6 Å². The highest BCUT2D eigenvalue weighted by Gasteiger charge is 2.53. The van der Waals surface area contributed by atoms with Crippen LogP contribution in [0.15, 0.2) is 51.9 Å². The fourth-order valence-corrected chi connectivity index (χ4v) is 4.88. The molecule has 0 bridgehead atoms. The van der Waals surface area contributed by atoms with Gasteiger partial charge in [0.05, 0.1) is 12.7 Å². The summed E-state index contributed by atoms with van der Waals surface area (Å²) in [6.45, 7) is 5.06. The van der Waals surface area contributed by atoms with E-state index >= 15 is 0 Å². The van der Waals surface area contributed by atoms with Crippen LogP contribution in [0.5, 0.6) is 17.2 Å². The van der Waals surface area contributed by atoms with Crippen LogP contribution in [-0.2, 0) is 47.7 Å². The summed E-state index contributed by atoms with van der Waals surface area (Å²) in [5.74, 6) is -3.66. The Morgan fingerprint density at radius 2 is 1.36 bits per heavy atom. The number of methoxy groups -OCH3 is 1. The summed E-state index contributed by atoms with van der Waals surface area (Å²) in [5, 5.41) is -0.0811. The first-order valence-corrected chi connectivity index (χ1v) is 14.2. The largest absolute Gasteiger partial charge is 0.497 e. The van der Waals surface area contributed by atoms with E-state index in [0.29, 0.717) is 11.3 Å². The fourth-order valence-electron chi connectivity index (χ4n) is 4.88. The van der Waals surface area contributed by atoms with Gasteiger partial charge in [0.2, 0.25) is 17.8 Å². The molecule has 5 atom stereocenters. The van der Waals surface area contributed by atoms with Crippen LogP contribution in [0.3, 0.4) is 0 Å². The summed E-state index contributed by atoms with van der Waals surface area (Å²) in [7, 11) is 1.51. The third-order valence-electron chi connectivity index (χ3n) is 6.67. The van der Waals surface area contributed by atoms with Gasteiger partial charge in [-0.2, -0.15) is 0 Å². The standard InChI is InChI=1S/C32H32O15/c1-15(33)40-14-26-29(43-17(3)35)30(44-18(4)36)31(45-19(5)37)32(47-26)46-22-11-24-27(25(12-22)42-16(2)34)28(38)23(13-41-24)20-7-9-21(39-6)10-8-20/h7-13,26,29-32H,14H2,1-6H3/t26-,29-,30+,31-,32-/m0/s1. The number of hydrogen-bond donors (Lipinski definition) is 0. The Kier molecular flexibility index (Phi) is 10.8. The Bertz CT molecular complexity index is 1720. The first kappa shape index (κ1) is 34.4. The van der Waals surface area contributed by atoms with E-state index in [1.54, 1.807) is 24.3 Å². The third kappa shape index (κ3) is 8.43. The molecule has 0 unspecified atom stereocenters. The maximum atomic E-state index is 13.7. The van der Waals surface area contributed by atoms with Crippen molar-refractivity contribution in [1.29, 1.82) is 0 Å². The first-order valence-electron chi connectivity index (χ1n) is 14.2. The molecule has 3 aromatic rings. The number of hydrogen-bond acceptors (Lipinski definition) is 15. The number of benzene rings is 2. The van der Waals surface area contributed by atoms with Gasteiger partial charge in [-0.3, -0.25) is 28.8 Å². The molecule has 0 N–H and O–H groups in total. The van der Waals surface area contributed by atoms with Crippen molar-refractivity contribution in [2.75, 3.05) is 13.7 Å². The number of rotatable bonds is 10. The zero-order valence-electron chi connectivity index (χ0n) is 26.3. The third-order valence-corrected chi connectivity index (χ3v) is 6.67. The van der Waals surface area contributed by atoms with E-state index in [9.17, 15) is 28.8 Å². The molecular formula is C32H32O15. The molecular weight excluding hydrogens is 624 g/mol. The zero-order chi connectivity index (χ0) is 34.4. The molecule has 1 aromatic heterocycles. The van der Waals surface area contributed by atoms with E-state index in [4.69, 9.17) is 42.3 Å². The maximum absolute atomic E-state index is 13.7. The van der Waals surface area contributed by atoms with Gasteiger partial charge >= 0.3 is 29.8 Å². The van der Waals surface area contributed by atoms with Crippen LogP contribution in [0.2, 0.25) is 0 Å². The van der Waals surface area contributed by atoms with Crippen LogP contribution in [0.1, 0.15) is 34.6 Å². The fraction of sp³-hybridized carbons (Fsp3) is 0.375. The van der Waals surface area contributed by atoms with Crippen molar-refractivity contribution < 1.29 is 66.3 Å². The van der Waals surface area contributed by atoms with Crippen molar-refractivity contribution in [3.05, 3.63) is 52.9 Å². The molecule has 2 aromatic carbocycles. The zero-order valence-corrected chi connectivity index (χ0v) is 26.3. The lowest BCUT2D eigenvalue weighted by Crippen LogP contribution is -2.63. The number of esters is 5. The SMILES string of the molecule is COc1ccc(-c2coc3cc(O[C@H]4O[C@@H](COC(C)=O)[C@H](OC(C)=O)[C@@H](OC(C)=O)[C@@H]4OC(C)=O)cc(OC(C)=O)c3c2=O)cc1. The number of carbonyl (C=O) groups is 5. The van der Waals surface area contributed by atoms with Crippen LogP contribution in [0.4, 0.5) is 0 Å². The second kappa shape index (κ2) is 14.8. The summed E-state index contributed by atoms with van der Waals surface area (Å²) in [6, 6.07) is 9.16. The van der Waals surface area contributed by atoms with Crippen molar-refractivity contribution in [1.82, 2.24) is 0 Å². The lowest BCUT2D eigenvalue weighted by molar-refractivity contribution is -0.288. The highest BCUT2D eigenvalue weighted by atomic mass is 16.7. The Morgan fingerprint density at radius 1 is 0.745 bits per heavy atom. The second-order valence-corrected chi connectivity index (χ2v) is 10.3. The normalized spacial score (nSPS) is 20.4. The Hall–Kier alpha value is -5.44. The molecule has 0 radical (unpaired) electrons. The lowest BCUT2D eigenvalue weighted by Gasteiger charge is -2.43. The molecule has 1 aliphatic rings. The summed E-state index contributed by atoms with van der Waals surface area (Å²) >= 11 is 0. The van der Waals surface area contributed by atoms with Crippen LogP contribution >= 0.6 is 0 Å². The smallest absolute Gasteiger partial charge is 0.308 e. The molecule has 1 saturated heterocycles. The average Bonchev–Trinajstić information content (AvgIpc) is 2.98. The van der Waals surface area contributed by atoms with Crippen molar-refractivity contribution in [2.45, 2.75) is 65.3 Å². The van der Waals surface area contributed by atoms with E-state index in [0.717, 1.165) is 34.6 Å². The second-order valence-electron chi connectivity index (χ2n) is 10.3. The van der Waals surface area contributed by atoms with Crippen molar-refractivity contribution in [3.63, 3.8) is 0 Å². The molecule has 15 heteroatoms. The van der Waals surface area contributed by atoms with Gasteiger partial charge in [0.25, 0.3) is 0 Å². The number of fused-ring (bicyclic) bond motifs is 1. The van der Waals surface area contributed by atoms with Gasteiger partial charge < -0.3 is 42.3 Å². The minimum absolute atomic E-state index is 0.0494. The minimum Gasteiger partial charge on any atom is -0.497 e. The summed E-state index contributed by atoms with van der Waals surface area (Å²) in [5.41, 5.74) is 0.105. The molecule has 1 aliphatic heterocycles. The molecule has 0 amide bonds. The molecule has 4 rings (SSSR count). The van der Waals surface area contributed by atoms with Gasteiger partial charge in [-0.25, -0.2) is 0 Å². The van der Waals surface area contributed by atoms with E-state index in [1.165, 1.54) is 25.5 Å². The minimum atomic E-state index is -1.59. The maximum Gasteiger partial charge on any atom is 0.308 e. The van der Waals surface area contributed by atoms with Crippen LogP contribution in [0, 0.1) is 0 Å². The molecule has 0 spiro atoms. The lowest BCUT2D eigenvalue weighted by atomic mass is 9.98. The molecule has 1 fully saturated rings. The van der Waals surface area contributed by atoms with Crippen molar-refractivity contribution in [3.8, 4) is 28.4 Å². The van der Waals surface area contributed by atoms with E-state index in [1.807, 2.05) is 0 Å². The first-order chi connectivity index (χ1) is 22.3. The van der Waals surface area contributed by atoms with E-state index < -0.39 is 72.6 Å². The van der Waals surface area contributed by atoms with Gasteiger partial charge in [0.15, 0.2) is 12.2 Å². The highest BCUT2D eigenvalue weighted by molar-refractivity contribution is 5.90. The molecule has 15 nitrogen and oxygen atoms in total. The quantitative estimate of drug-likeness (QED) is 0.176. The Labute approximate surface area is 267 Å². The Balaban J connectivity index is 1.81. The predicted molar refractivity (Wildman–Crippen MR) is 158 cm³/mol. The summed E-state index contributed by atoms with van der Waals surface area (Å²) < 4.78 is 49.6.